The van der Waals surface area contributed by atoms with Crippen molar-refractivity contribution >= 4 is 23.9 Å². The fourth-order valence-corrected chi connectivity index (χ4v) is 4.56. The summed E-state index contributed by atoms with van der Waals surface area (Å²) in [7, 11) is 0. The predicted octanol–water partition coefficient (Wildman–Crippen LogP) is 3.35. The molecule has 10 heteroatoms. The van der Waals surface area contributed by atoms with Crippen molar-refractivity contribution in [2.75, 3.05) is 31.6 Å². The number of nitrogens with one attached hydrogen (secondary N) is 1. The van der Waals surface area contributed by atoms with E-state index in [0.29, 0.717) is 0 Å². The average Bonchev–Trinajstić information content (AvgIpc) is 3.42. The normalized spacial score (nSPS) is 15.6. The molecule has 2 aliphatic rings. The van der Waals surface area contributed by atoms with Gasteiger partial charge in [-0.2, -0.15) is 0 Å². The molecular weight excluding hydrogens is 454 g/mol. The maximum absolute atomic E-state index is 12.6. The van der Waals surface area contributed by atoms with Gasteiger partial charge in [0.25, 0.3) is 5.91 Å². The molecule has 1 aliphatic carbocycles. The van der Waals surface area contributed by atoms with E-state index >= 15 is 0 Å². The van der Waals surface area contributed by atoms with E-state index in [9.17, 15) is 14.4 Å². The Morgan fingerprint density at radius 3 is 2.37 bits per heavy atom. The summed E-state index contributed by atoms with van der Waals surface area (Å²) in [6.45, 7) is 1.88. The number of ether oxygens (including phenoxy) is 2. The topological polar surface area (TPSA) is 131 Å². The van der Waals surface area contributed by atoms with Crippen LogP contribution < -0.4 is 5.32 Å². The minimum absolute atomic E-state index is 0.0132. The van der Waals surface area contributed by atoms with Crippen molar-refractivity contribution in [1.82, 2.24) is 10.1 Å². The molecule has 3 aromatic rings. The summed E-state index contributed by atoms with van der Waals surface area (Å²) in [6, 6.07) is 17.4. The van der Waals surface area contributed by atoms with Crippen molar-refractivity contribution in [3.63, 3.8) is 0 Å². The Balaban J connectivity index is 1.16. The summed E-state index contributed by atoms with van der Waals surface area (Å²) in [5.41, 5.74) is 3.75. The lowest BCUT2D eigenvalue weighted by Gasteiger charge is -2.46. The number of fused-ring (bicyclic) bond motifs is 3. The van der Waals surface area contributed by atoms with E-state index in [1.807, 2.05) is 36.4 Å². The second kappa shape index (κ2) is 8.88. The highest BCUT2D eigenvalue weighted by Gasteiger charge is 2.43. The Morgan fingerprint density at radius 1 is 1.11 bits per heavy atom. The van der Waals surface area contributed by atoms with Crippen molar-refractivity contribution in [3.05, 3.63) is 71.4 Å². The Hall–Kier alpha value is -4.18. The van der Waals surface area contributed by atoms with Gasteiger partial charge in [-0.25, -0.2) is 9.59 Å². The maximum atomic E-state index is 12.6. The van der Waals surface area contributed by atoms with Crippen molar-refractivity contribution in [1.29, 1.82) is 0 Å². The van der Waals surface area contributed by atoms with Gasteiger partial charge in [-0.15, -0.1) is 0 Å². The number of rotatable bonds is 7. The third kappa shape index (κ3) is 4.47. The van der Waals surface area contributed by atoms with Crippen LogP contribution in [0.2, 0.25) is 0 Å². The van der Waals surface area contributed by atoms with E-state index in [4.69, 9.17) is 19.1 Å². The van der Waals surface area contributed by atoms with Crippen LogP contribution in [0.4, 0.5) is 10.7 Å². The molecule has 180 valence electrons. The van der Waals surface area contributed by atoms with E-state index in [2.05, 4.69) is 22.6 Å². The number of hydrogen-bond donors (Lipinski definition) is 2. The van der Waals surface area contributed by atoms with Gasteiger partial charge in [0.2, 0.25) is 5.88 Å². The minimum atomic E-state index is -1.07. The van der Waals surface area contributed by atoms with E-state index in [1.54, 1.807) is 6.92 Å². The summed E-state index contributed by atoms with van der Waals surface area (Å²) >= 11 is 0. The second-order valence-electron chi connectivity index (χ2n) is 8.82. The number of aromatic nitrogens is 1. The van der Waals surface area contributed by atoms with Crippen LogP contribution in [0.25, 0.3) is 11.1 Å². The molecule has 1 aromatic heterocycles. The van der Waals surface area contributed by atoms with Crippen molar-refractivity contribution in [2.24, 2.45) is 0 Å². The van der Waals surface area contributed by atoms with E-state index < -0.39 is 30.2 Å². The molecule has 2 N–H and O–H groups in total. The smallest absolute Gasteiger partial charge is 0.414 e. The van der Waals surface area contributed by atoms with Gasteiger partial charge >= 0.3 is 12.1 Å². The first kappa shape index (κ1) is 22.6. The molecule has 10 nitrogen and oxygen atoms in total. The lowest BCUT2D eigenvalue weighted by Crippen LogP contribution is -2.63. The number of likely N-dealkylation sites (tertiary alicyclic amines) is 1. The highest BCUT2D eigenvalue weighted by atomic mass is 16.6. The summed E-state index contributed by atoms with van der Waals surface area (Å²) in [5, 5.41) is 14.9. The van der Waals surface area contributed by atoms with E-state index in [0.717, 1.165) is 22.3 Å². The number of carboxylic acid groups (broad SMARTS) is 1. The van der Waals surface area contributed by atoms with Gasteiger partial charge in [0.15, 0.2) is 5.69 Å². The average molecular weight is 477 g/mol. The molecule has 0 unspecified atom stereocenters. The van der Waals surface area contributed by atoms with Crippen LogP contribution in [-0.4, -0.2) is 65.0 Å². The molecule has 1 aliphatic heterocycles. The van der Waals surface area contributed by atoms with Crippen LogP contribution in [0.5, 0.6) is 0 Å². The SMILES string of the molecule is CC1(OCC(=O)O)CN(C(=O)c2cc(NC(=O)OCC3c4ccccc4-c4ccccc43)on2)C1. The fourth-order valence-electron chi connectivity index (χ4n) is 4.56. The van der Waals surface area contributed by atoms with Gasteiger partial charge in [-0.3, -0.25) is 10.1 Å². The van der Waals surface area contributed by atoms with Gasteiger partial charge in [0, 0.05) is 12.0 Å². The fraction of sp³-hybridized carbons (Fsp3) is 0.280. The zero-order chi connectivity index (χ0) is 24.6. The minimum Gasteiger partial charge on any atom is -0.480 e. The number of anilines is 1. The Morgan fingerprint density at radius 2 is 1.74 bits per heavy atom. The molecule has 0 atom stereocenters. The molecule has 1 saturated heterocycles. The second-order valence-corrected chi connectivity index (χ2v) is 8.82. The Bertz CT molecular complexity index is 1250. The molecule has 0 spiro atoms. The van der Waals surface area contributed by atoms with Gasteiger partial charge < -0.3 is 24.0 Å². The van der Waals surface area contributed by atoms with Crippen LogP contribution in [0.3, 0.4) is 0 Å². The molecular formula is C25H23N3O7. The van der Waals surface area contributed by atoms with Crippen LogP contribution in [0.1, 0.15) is 34.5 Å². The first-order valence-corrected chi connectivity index (χ1v) is 11.1. The Kier molecular flexibility index (Phi) is 5.73. The van der Waals surface area contributed by atoms with Gasteiger partial charge in [0.05, 0.1) is 13.1 Å². The van der Waals surface area contributed by atoms with Crippen LogP contribution in [0.15, 0.2) is 59.1 Å². The van der Waals surface area contributed by atoms with Gasteiger partial charge in [-0.05, 0) is 29.2 Å². The lowest BCUT2D eigenvalue weighted by molar-refractivity contribution is -0.160. The van der Waals surface area contributed by atoms with Crippen LogP contribution >= 0.6 is 0 Å². The molecule has 2 aromatic carbocycles. The first-order valence-electron chi connectivity index (χ1n) is 11.1. The van der Waals surface area contributed by atoms with E-state index in [-0.39, 0.29) is 37.2 Å². The number of benzene rings is 2. The molecule has 0 bridgehead atoms. The first-order chi connectivity index (χ1) is 16.8. The predicted molar refractivity (Wildman–Crippen MR) is 123 cm³/mol. The largest absolute Gasteiger partial charge is 0.480 e. The third-order valence-corrected chi connectivity index (χ3v) is 6.18. The van der Waals surface area contributed by atoms with Crippen molar-refractivity contribution in [2.45, 2.75) is 18.4 Å². The lowest BCUT2D eigenvalue weighted by atomic mass is 9.96. The zero-order valence-electron chi connectivity index (χ0n) is 18.9. The molecule has 1 fully saturated rings. The number of carbonyl (C=O) groups excluding carboxylic acids is 2. The van der Waals surface area contributed by atoms with Crippen molar-refractivity contribution in [3.8, 4) is 11.1 Å². The highest BCUT2D eigenvalue weighted by molar-refractivity contribution is 5.94. The third-order valence-electron chi connectivity index (χ3n) is 6.18. The standard InChI is InChI=1S/C25H23N3O7/c1-25(34-12-22(29)30)13-28(14-25)23(31)20-10-21(35-27-20)26-24(32)33-11-19-17-8-4-2-6-15(17)16-7-3-5-9-18(16)19/h2-10,19H,11-14H2,1H3,(H,26,32)(H,29,30). The number of hydrogen-bond acceptors (Lipinski definition) is 7. The molecule has 0 saturated carbocycles. The van der Waals surface area contributed by atoms with Crippen LogP contribution in [0, 0.1) is 0 Å². The van der Waals surface area contributed by atoms with Gasteiger partial charge in [0.1, 0.15) is 18.8 Å². The number of nitrogens with zero attached hydrogens (tertiary/aromatic N) is 2. The summed E-state index contributed by atoms with van der Waals surface area (Å²) < 4.78 is 15.8. The number of carboxylic acids is 1. The summed E-state index contributed by atoms with van der Waals surface area (Å²) in [5.74, 6) is -1.58. The molecule has 0 radical (unpaired) electrons. The van der Waals surface area contributed by atoms with E-state index in [1.165, 1.54) is 11.0 Å². The van der Waals surface area contributed by atoms with Crippen molar-refractivity contribution < 1.29 is 33.5 Å². The molecule has 35 heavy (non-hydrogen) atoms. The Labute approximate surface area is 200 Å². The number of carbonyl (C=O) groups is 3. The maximum Gasteiger partial charge on any atom is 0.414 e. The number of aliphatic carboxylic acids is 1. The molecule has 5 rings (SSSR count). The molecule has 2 amide bonds. The van der Waals surface area contributed by atoms with Crippen LogP contribution in [-0.2, 0) is 14.3 Å². The summed E-state index contributed by atoms with van der Waals surface area (Å²) in [6.07, 6.45) is -0.722. The molecule has 2 heterocycles. The summed E-state index contributed by atoms with van der Waals surface area (Å²) in [4.78, 5) is 37.1. The monoisotopic (exact) mass is 477 g/mol. The number of amides is 2. The quantitative estimate of drug-likeness (QED) is 0.530. The van der Waals surface area contributed by atoms with Gasteiger partial charge in [-0.1, -0.05) is 53.7 Å². The zero-order valence-corrected chi connectivity index (χ0v) is 18.9. The highest BCUT2D eigenvalue weighted by Crippen LogP contribution is 2.44.